The molecule has 0 bridgehead atoms. The van der Waals surface area contributed by atoms with E-state index in [9.17, 15) is 9.59 Å². The number of carbonyl (C=O) groups excluding carboxylic acids is 2. The Morgan fingerprint density at radius 2 is 1.86 bits per heavy atom. The van der Waals surface area contributed by atoms with Gasteiger partial charge < -0.3 is 25.0 Å². The molecule has 122 valence electrons. The van der Waals surface area contributed by atoms with Gasteiger partial charge in [-0.05, 0) is 39.2 Å². The zero-order chi connectivity index (χ0) is 16.5. The van der Waals surface area contributed by atoms with Crippen LogP contribution in [0.3, 0.4) is 0 Å². The predicted molar refractivity (Wildman–Crippen MR) is 84.4 cm³/mol. The van der Waals surface area contributed by atoms with E-state index in [0.29, 0.717) is 23.7 Å². The van der Waals surface area contributed by atoms with Crippen molar-refractivity contribution >= 4 is 17.5 Å². The number of nitrogens with zero attached hydrogens (tertiary/aromatic N) is 1. The second-order valence-corrected chi connectivity index (χ2v) is 4.93. The van der Waals surface area contributed by atoms with E-state index in [1.807, 2.05) is 19.0 Å². The van der Waals surface area contributed by atoms with Gasteiger partial charge >= 0.3 is 11.8 Å². The van der Waals surface area contributed by atoms with Crippen LogP contribution in [0.5, 0.6) is 11.5 Å². The van der Waals surface area contributed by atoms with Gasteiger partial charge in [0.05, 0.1) is 19.9 Å². The van der Waals surface area contributed by atoms with Crippen molar-refractivity contribution in [3.63, 3.8) is 0 Å². The monoisotopic (exact) mass is 309 g/mol. The van der Waals surface area contributed by atoms with Crippen LogP contribution >= 0.6 is 0 Å². The van der Waals surface area contributed by atoms with Crippen molar-refractivity contribution in [2.75, 3.05) is 46.7 Å². The van der Waals surface area contributed by atoms with Crippen molar-refractivity contribution in [3.8, 4) is 11.5 Å². The fraction of sp³-hybridized carbons (Fsp3) is 0.467. The topological polar surface area (TPSA) is 79.9 Å². The van der Waals surface area contributed by atoms with Crippen LogP contribution in [0.15, 0.2) is 18.2 Å². The molecule has 0 aliphatic rings. The third kappa shape index (κ3) is 5.61. The predicted octanol–water partition coefficient (Wildman–Crippen LogP) is 0.710. The van der Waals surface area contributed by atoms with E-state index < -0.39 is 11.8 Å². The van der Waals surface area contributed by atoms with Crippen LogP contribution in [0.25, 0.3) is 0 Å². The molecule has 1 rings (SSSR count). The first-order valence-corrected chi connectivity index (χ1v) is 6.94. The van der Waals surface area contributed by atoms with Crippen molar-refractivity contribution in [1.29, 1.82) is 0 Å². The lowest BCUT2D eigenvalue weighted by Gasteiger charge is -2.12. The van der Waals surface area contributed by atoms with Crippen molar-refractivity contribution in [2.24, 2.45) is 0 Å². The summed E-state index contributed by atoms with van der Waals surface area (Å²) in [6.07, 6.45) is 0.776. The van der Waals surface area contributed by atoms with Gasteiger partial charge in [0, 0.05) is 12.6 Å². The third-order valence-corrected chi connectivity index (χ3v) is 2.93. The fourth-order valence-electron chi connectivity index (χ4n) is 1.76. The highest BCUT2D eigenvalue weighted by molar-refractivity contribution is 6.39. The number of hydrogen-bond donors (Lipinski definition) is 2. The standard InChI is InChI=1S/C15H23N3O4/c1-18(2)9-5-8-16-14(19)15(20)17-12-7-6-11(21-3)10-13(12)22-4/h6-7,10H,5,8-9H2,1-4H3,(H,16,19)(H,17,20). The van der Waals surface area contributed by atoms with Crippen LogP contribution in [0.4, 0.5) is 5.69 Å². The van der Waals surface area contributed by atoms with E-state index in [1.165, 1.54) is 14.2 Å². The first-order chi connectivity index (χ1) is 10.5. The van der Waals surface area contributed by atoms with Crippen molar-refractivity contribution in [3.05, 3.63) is 18.2 Å². The molecule has 2 amide bonds. The Kier molecular flexibility index (Phi) is 7.18. The average molecular weight is 309 g/mol. The Hall–Kier alpha value is -2.28. The van der Waals surface area contributed by atoms with Crippen molar-refractivity contribution in [2.45, 2.75) is 6.42 Å². The van der Waals surface area contributed by atoms with E-state index in [2.05, 4.69) is 10.6 Å². The van der Waals surface area contributed by atoms with Gasteiger partial charge in [0.25, 0.3) is 0 Å². The molecule has 0 fully saturated rings. The van der Waals surface area contributed by atoms with Gasteiger partial charge in [-0.1, -0.05) is 0 Å². The smallest absolute Gasteiger partial charge is 0.313 e. The Bertz CT molecular complexity index is 518. The molecule has 0 saturated heterocycles. The van der Waals surface area contributed by atoms with Gasteiger partial charge in [0.15, 0.2) is 0 Å². The quantitative estimate of drug-likeness (QED) is 0.573. The first-order valence-electron chi connectivity index (χ1n) is 6.94. The molecule has 1 aromatic rings. The molecule has 0 aliphatic heterocycles. The number of benzene rings is 1. The van der Waals surface area contributed by atoms with E-state index in [-0.39, 0.29) is 0 Å². The molecule has 0 saturated carbocycles. The zero-order valence-corrected chi connectivity index (χ0v) is 13.4. The molecule has 7 heteroatoms. The number of rotatable bonds is 7. The van der Waals surface area contributed by atoms with Gasteiger partial charge in [-0.25, -0.2) is 0 Å². The number of carbonyl (C=O) groups is 2. The molecule has 0 heterocycles. The Morgan fingerprint density at radius 3 is 2.45 bits per heavy atom. The molecule has 7 nitrogen and oxygen atoms in total. The van der Waals surface area contributed by atoms with E-state index >= 15 is 0 Å². The summed E-state index contributed by atoms with van der Waals surface area (Å²) in [4.78, 5) is 25.6. The lowest BCUT2D eigenvalue weighted by molar-refractivity contribution is -0.136. The minimum atomic E-state index is -0.728. The van der Waals surface area contributed by atoms with Crippen LogP contribution in [-0.4, -0.2) is 58.1 Å². The molecule has 22 heavy (non-hydrogen) atoms. The highest BCUT2D eigenvalue weighted by Gasteiger charge is 2.15. The summed E-state index contributed by atoms with van der Waals surface area (Å²) in [5, 5.41) is 5.10. The van der Waals surface area contributed by atoms with Crippen LogP contribution in [0.2, 0.25) is 0 Å². The first kappa shape index (κ1) is 17.8. The molecule has 2 N–H and O–H groups in total. The maximum atomic E-state index is 11.8. The molecule has 0 aromatic heterocycles. The number of hydrogen-bond acceptors (Lipinski definition) is 5. The van der Waals surface area contributed by atoms with Crippen LogP contribution in [-0.2, 0) is 9.59 Å². The minimum Gasteiger partial charge on any atom is -0.497 e. The summed E-state index contributed by atoms with van der Waals surface area (Å²) < 4.78 is 10.2. The van der Waals surface area contributed by atoms with Crippen LogP contribution in [0.1, 0.15) is 6.42 Å². The summed E-state index contributed by atoms with van der Waals surface area (Å²) in [7, 11) is 6.91. The lowest BCUT2D eigenvalue weighted by Crippen LogP contribution is -2.36. The molecule has 0 aliphatic carbocycles. The summed E-state index contributed by atoms with van der Waals surface area (Å²) in [5.41, 5.74) is 0.414. The molecule has 1 aromatic carbocycles. The maximum absolute atomic E-state index is 11.8. The normalized spacial score (nSPS) is 10.2. The average Bonchev–Trinajstić information content (AvgIpc) is 2.51. The Labute approximate surface area is 130 Å². The number of amides is 2. The summed E-state index contributed by atoms with van der Waals surface area (Å²) in [6.45, 7) is 1.29. The molecular weight excluding hydrogens is 286 g/mol. The number of nitrogens with one attached hydrogen (secondary N) is 2. The third-order valence-electron chi connectivity index (χ3n) is 2.93. The highest BCUT2D eigenvalue weighted by Crippen LogP contribution is 2.28. The molecule has 0 unspecified atom stereocenters. The Balaban J connectivity index is 2.55. The largest absolute Gasteiger partial charge is 0.497 e. The summed E-state index contributed by atoms with van der Waals surface area (Å²) in [6, 6.07) is 4.92. The zero-order valence-electron chi connectivity index (χ0n) is 13.4. The maximum Gasteiger partial charge on any atom is 0.313 e. The summed E-state index contributed by atoms with van der Waals surface area (Å²) in [5.74, 6) is -0.374. The fourth-order valence-corrected chi connectivity index (χ4v) is 1.76. The number of methoxy groups -OCH3 is 2. The van der Waals surface area contributed by atoms with E-state index in [0.717, 1.165) is 13.0 Å². The van der Waals surface area contributed by atoms with E-state index in [4.69, 9.17) is 9.47 Å². The van der Waals surface area contributed by atoms with Crippen molar-refractivity contribution in [1.82, 2.24) is 10.2 Å². The van der Waals surface area contributed by atoms with Gasteiger partial charge in [-0.2, -0.15) is 0 Å². The SMILES string of the molecule is COc1ccc(NC(=O)C(=O)NCCCN(C)C)c(OC)c1. The van der Waals surface area contributed by atoms with Crippen molar-refractivity contribution < 1.29 is 19.1 Å². The lowest BCUT2D eigenvalue weighted by atomic mass is 10.2. The van der Waals surface area contributed by atoms with E-state index in [1.54, 1.807) is 18.2 Å². The van der Waals surface area contributed by atoms with Crippen LogP contribution in [0, 0.1) is 0 Å². The second-order valence-electron chi connectivity index (χ2n) is 4.93. The number of anilines is 1. The van der Waals surface area contributed by atoms with Gasteiger partial charge in [-0.3, -0.25) is 9.59 Å². The second kappa shape index (κ2) is 8.89. The molecule has 0 spiro atoms. The summed E-state index contributed by atoms with van der Waals surface area (Å²) >= 11 is 0. The molecule has 0 radical (unpaired) electrons. The number of ether oxygens (including phenoxy) is 2. The minimum absolute atomic E-state index is 0.414. The highest BCUT2D eigenvalue weighted by atomic mass is 16.5. The van der Waals surface area contributed by atoms with Crippen LogP contribution < -0.4 is 20.1 Å². The van der Waals surface area contributed by atoms with Gasteiger partial charge in [-0.15, -0.1) is 0 Å². The Morgan fingerprint density at radius 1 is 1.14 bits per heavy atom. The molecular formula is C15H23N3O4. The van der Waals surface area contributed by atoms with Gasteiger partial charge in [0.1, 0.15) is 11.5 Å². The van der Waals surface area contributed by atoms with Gasteiger partial charge in [0.2, 0.25) is 0 Å². The molecule has 0 atom stereocenters.